The topological polar surface area (TPSA) is 0 Å². The SMILES string of the molecule is C=CCC(F)=C(F)Cl. The van der Waals surface area contributed by atoms with E-state index in [1.54, 1.807) is 0 Å². The van der Waals surface area contributed by atoms with Crippen LogP contribution in [0.4, 0.5) is 8.78 Å². The lowest BCUT2D eigenvalue weighted by atomic mass is 10.4. The molecule has 0 aromatic rings. The highest BCUT2D eigenvalue weighted by atomic mass is 35.5. The van der Waals surface area contributed by atoms with E-state index in [-0.39, 0.29) is 6.42 Å². The fourth-order valence-corrected chi connectivity index (χ4v) is 0.281. The zero-order valence-electron chi connectivity index (χ0n) is 4.13. The van der Waals surface area contributed by atoms with E-state index < -0.39 is 11.1 Å². The van der Waals surface area contributed by atoms with Gasteiger partial charge in [0.05, 0.1) is 0 Å². The summed E-state index contributed by atoms with van der Waals surface area (Å²) in [6.45, 7) is 3.18. The van der Waals surface area contributed by atoms with Crippen LogP contribution < -0.4 is 0 Å². The molecule has 0 N–H and O–H groups in total. The molecule has 0 aliphatic heterocycles. The van der Waals surface area contributed by atoms with Crippen LogP contribution in [0.25, 0.3) is 0 Å². The number of rotatable bonds is 2. The second-order valence-electron chi connectivity index (χ2n) is 1.16. The molecule has 3 heteroatoms. The van der Waals surface area contributed by atoms with Crippen LogP contribution in [-0.2, 0) is 0 Å². The monoisotopic (exact) mass is 138 g/mol. The molecule has 0 nitrogen and oxygen atoms in total. The first-order valence-corrected chi connectivity index (χ1v) is 2.36. The molecule has 8 heavy (non-hydrogen) atoms. The summed E-state index contributed by atoms with van der Waals surface area (Å²) >= 11 is 4.60. The molecule has 0 fully saturated rings. The van der Waals surface area contributed by atoms with Crippen LogP contribution in [0, 0.1) is 0 Å². The van der Waals surface area contributed by atoms with Crippen LogP contribution in [-0.4, -0.2) is 0 Å². The summed E-state index contributed by atoms with van der Waals surface area (Å²) in [7, 11) is 0. The largest absolute Gasteiger partial charge is 0.220 e. The van der Waals surface area contributed by atoms with E-state index in [9.17, 15) is 8.78 Å². The minimum atomic E-state index is -1.29. The van der Waals surface area contributed by atoms with Crippen molar-refractivity contribution in [1.82, 2.24) is 0 Å². The molecule has 0 aliphatic carbocycles. The molecule has 0 aliphatic rings. The fraction of sp³-hybridized carbons (Fsp3) is 0.200. The van der Waals surface area contributed by atoms with Gasteiger partial charge in [0, 0.05) is 6.42 Å². The Morgan fingerprint density at radius 1 is 1.62 bits per heavy atom. The minimum absolute atomic E-state index is 0.144. The number of hydrogen-bond donors (Lipinski definition) is 0. The zero-order chi connectivity index (χ0) is 6.57. The summed E-state index contributed by atoms with van der Waals surface area (Å²) in [5, 5.41) is -1.29. The van der Waals surface area contributed by atoms with Crippen LogP contribution in [0.15, 0.2) is 23.8 Å². The molecule has 0 saturated carbocycles. The highest BCUT2D eigenvalue weighted by Gasteiger charge is 1.97. The Balaban J connectivity index is 3.79. The van der Waals surface area contributed by atoms with Gasteiger partial charge >= 0.3 is 0 Å². The third kappa shape index (κ3) is 2.75. The zero-order valence-corrected chi connectivity index (χ0v) is 4.88. The Labute approximate surface area is 51.5 Å². The summed E-state index contributed by atoms with van der Waals surface area (Å²) in [6.07, 6.45) is 1.09. The Kier molecular flexibility index (Phi) is 3.44. The number of halogens is 3. The number of hydrogen-bond acceptors (Lipinski definition) is 0. The third-order valence-corrected chi connectivity index (χ3v) is 0.734. The summed E-state index contributed by atoms with van der Waals surface area (Å²) in [5.74, 6) is -0.971. The van der Waals surface area contributed by atoms with Gasteiger partial charge < -0.3 is 0 Å². The van der Waals surface area contributed by atoms with Gasteiger partial charge in [-0.1, -0.05) is 6.08 Å². The van der Waals surface area contributed by atoms with Gasteiger partial charge in [0.2, 0.25) is 5.29 Å². The number of allylic oxidation sites excluding steroid dienone is 2. The van der Waals surface area contributed by atoms with Crippen LogP contribution in [0.5, 0.6) is 0 Å². The normalized spacial score (nSPS) is 12.9. The van der Waals surface area contributed by atoms with Gasteiger partial charge in [-0.05, 0) is 11.6 Å². The Morgan fingerprint density at radius 2 is 2.12 bits per heavy atom. The van der Waals surface area contributed by atoms with E-state index >= 15 is 0 Å². The molecule has 0 radical (unpaired) electrons. The molecule has 0 spiro atoms. The van der Waals surface area contributed by atoms with Gasteiger partial charge in [-0.15, -0.1) is 6.58 Å². The van der Waals surface area contributed by atoms with Gasteiger partial charge in [0.15, 0.2) is 5.83 Å². The van der Waals surface area contributed by atoms with Crippen molar-refractivity contribution in [1.29, 1.82) is 0 Å². The first-order chi connectivity index (χ1) is 3.68. The van der Waals surface area contributed by atoms with Crippen LogP contribution in [0.1, 0.15) is 6.42 Å². The maximum absolute atomic E-state index is 11.8. The second kappa shape index (κ2) is 3.61. The summed E-state index contributed by atoms with van der Waals surface area (Å²) in [5.41, 5.74) is 0. The van der Waals surface area contributed by atoms with Crippen molar-refractivity contribution < 1.29 is 8.78 Å². The Hall–Kier alpha value is -0.370. The molecule has 0 aromatic heterocycles. The van der Waals surface area contributed by atoms with Crippen molar-refractivity contribution in [3.05, 3.63) is 23.8 Å². The second-order valence-corrected chi connectivity index (χ2v) is 1.49. The van der Waals surface area contributed by atoms with Crippen molar-refractivity contribution in [2.75, 3.05) is 0 Å². The summed E-state index contributed by atoms with van der Waals surface area (Å²) in [6, 6.07) is 0. The van der Waals surface area contributed by atoms with Crippen molar-refractivity contribution in [2.45, 2.75) is 6.42 Å². The first-order valence-electron chi connectivity index (χ1n) is 1.99. The van der Waals surface area contributed by atoms with Crippen molar-refractivity contribution in [3.8, 4) is 0 Å². The van der Waals surface area contributed by atoms with Gasteiger partial charge in [0.1, 0.15) is 0 Å². The first kappa shape index (κ1) is 7.63. The standard InChI is InChI=1S/C5H5ClF2/c1-2-3-4(7)5(6)8/h2H,1,3H2. The summed E-state index contributed by atoms with van der Waals surface area (Å²) < 4.78 is 23.3. The molecule has 0 aromatic carbocycles. The molecule has 0 rings (SSSR count). The molecule has 0 atom stereocenters. The minimum Gasteiger partial charge on any atom is -0.207 e. The molecule has 0 bridgehead atoms. The predicted molar refractivity (Wildman–Crippen MR) is 29.9 cm³/mol. The lowest BCUT2D eigenvalue weighted by Crippen LogP contribution is -1.69. The van der Waals surface area contributed by atoms with Gasteiger partial charge in [-0.3, -0.25) is 0 Å². The molecular formula is C5H5ClF2. The fourth-order valence-electron chi connectivity index (χ4n) is 0.204. The van der Waals surface area contributed by atoms with Crippen LogP contribution in [0.3, 0.4) is 0 Å². The Bertz CT molecular complexity index is 114. The average molecular weight is 139 g/mol. The van der Waals surface area contributed by atoms with E-state index in [0.717, 1.165) is 0 Å². The van der Waals surface area contributed by atoms with Gasteiger partial charge in [-0.2, -0.15) is 4.39 Å². The van der Waals surface area contributed by atoms with Crippen LogP contribution in [0.2, 0.25) is 0 Å². The molecule has 0 heterocycles. The molecular weight excluding hydrogens is 134 g/mol. The summed E-state index contributed by atoms with van der Waals surface area (Å²) in [4.78, 5) is 0. The lowest BCUT2D eigenvalue weighted by molar-refractivity contribution is 0.555. The van der Waals surface area contributed by atoms with Gasteiger partial charge in [0.25, 0.3) is 0 Å². The van der Waals surface area contributed by atoms with E-state index in [4.69, 9.17) is 0 Å². The highest BCUT2D eigenvalue weighted by Crippen LogP contribution is 2.14. The smallest absolute Gasteiger partial charge is 0.207 e. The van der Waals surface area contributed by atoms with E-state index in [1.165, 1.54) is 6.08 Å². The van der Waals surface area contributed by atoms with Crippen molar-refractivity contribution in [2.24, 2.45) is 0 Å². The lowest BCUT2D eigenvalue weighted by Gasteiger charge is -1.85. The molecule has 0 saturated heterocycles. The van der Waals surface area contributed by atoms with Crippen LogP contribution >= 0.6 is 11.6 Å². The highest BCUT2D eigenvalue weighted by molar-refractivity contribution is 6.28. The van der Waals surface area contributed by atoms with E-state index in [2.05, 4.69) is 18.2 Å². The quantitative estimate of drug-likeness (QED) is 0.515. The average Bonchev–Trinajstić information content (AvgIpc) is 1.67. The molecule has 0 amide bonds. The third-order valence-electron chi connectivity index (χ3n) is 0.529. The van der Waals surface area contributed by atoms with Gasteiger partial charge in [-0.25, -0.2) is 4.39 Å². The van der Waals surface area contributed by atoms with Crippen molar-refractivity contribution in [3.63, 3.8) is 0 Å². The van der Waals surface area contributed by atoms with E-state index in [1.807, 2.05) is 0 Å². The predicted octanol–water partition coefficient (Wildman–Crippen LogP) is 2.91. The Morgan fingerprint density at radius 3 is 2.25 bits per heavy atom. The maximum Gasteiger partial charge on any atom is 0.220 e. The molecule has 46 valence electrons. The molecule has 0 unspecified atom stereocenters. The van der Waals surface area contributed by atoms with Crippen molar-refractivity contribution >= 4 is 11.6 Å². The maximum atomic E-state index is 11.8. The van der Waals surface area contributed by atoms with E-state index in [0.29, 0.717) is 0 Å².